The van der Waals surface area contributed by atoms with Gasteiger partial charge >= 0.3 is 0 Å². The number of ether oxygens (including phenoxy) is 1. The first kappa shape index (κ1) is 12.5. The summed E-state index contributed by atoms with van der Waals surface area (Å²) in [6, 6.07) is 13.5. The Bertz CT molecular complexity index is 596. The third-order valence-electron chi connectivity index (χ3n) is 2.75. The maximum Gasteiger partial charge on any atom is 0.121 e. The molecule has 0 unspecified atom stereocenters. The van der Waals surface area contributed by atoms with Gasteiger partial charge in [0.15, 0.2) is 0 Å². The van der Waals surface area contributed by atoms with E-state index in [0.717, 1.165) is 11.3 Å². The Labute approximate surface area is 112 Å². The Hall–Kier alpha value is -1.91. The van der Waals surface area contributed by atoms with Crippen molar-refractivity contribution in [3.63, 3.8) is 0 Å². The van der Waals surface area contributed by atoms with Crippen molar-refractivity contribution in [2.24, 2.45) is 0 Å². The number of terminal acetylenes is 1. The van der Waals surface area contributed by atoms with Gasteiger partial charge in [0.25, 0.3) is 0 Å². The molecule has 0 fully saturated rings. The Morgan fingerprint density at radius 3 is 2.67 bits per heavy atom. The third-order valence-corrected chi connectivity index (χ3v) is 3.06. The monoisotopic (exact) mass is 256 g/mol. The van der Waals surface area contributed by atoms with E-state index in [9.17, 15) is 0 Å². The zero-order chi connectivity index (χ0) is 13.0. The molecule has 2 heteroatoms. The first-order chi connectivity index (χ1) is 8.70. The van der Waals surface area contributed by atoms with Crippen LogP contribution in [0.1, 0.15) is 16.7 Å². The standard InChI is InChI=1S/C16H13ClO/c1-3-13-8-9-15(10-16(13)17)18-11-14-7-5-4-6-12(14)2/h1,4-10H,11H2,2H3. The largest absolute Gasteiger partial charge is 0.489 e. The molecule has 0 aliphatic carbocycles. The summed E-state index contributed by atoms with van der Waals surface area (Å²) in [6.07, 6.45) is 5.31. The number of hydrogen-bond acceptors (Lipinski definition) is 1. The third kappa shape index (κ3) is 2.85. The lowest BCUT2D eigenvalue weighted by Gasteiger charge is -2.09. The quantitative estimate of drug-likeness (QED) is 0.748. The van der Waals surface area contributed by atoms with Crippen LogP contribution in [0.5, 0.6) is 5.75 Å². The molecule has 0 radical (unpaired) electrons. The molecule has 0 saturated carbocycles. The van der Waals surface area contributed by atoms with Crippen LogP contribution in [0.3, 0.4) is 0 Å². The Kier molecular flexibility index (Phi) is 3.92. The fourth-order valence-corrected chi connectivity index (χ4v) is 1.86. The van der Waals surface area contributed by atoms with E-state index in [-0.39, 0.29) is 0 Å². The van der Waals surface area contributed by atoms with E-state index in [1.54, 1.807) is 12.1 Å². The minimum atomic E-state index is 0.526. The second kappa shape index (κ2) is 5.62. The topological polar surface area (TPSA) is 9.23 Å². The highest BCUT2D eigenvalue weighted by atomic mass is 35.5. The van der Waals surface area contributed by atoms with Gasteiger partial charge in [0.1, 0.15) is 12.4 Å². The lowest BCUT2D eigenvalue weighted by Crippen LogP contribution is -1.97. The molecule has 0 aliphatic heterocycles. The fraction of sp³-hybridized carbons (Fsp3) is 0.125. The molecule has 0 bridgehead atoms. The molecular formula is C16H13ClO. The van der Waals surface area contributed by atoms with Crippen molar-refractivity contribution in [1.82, 2.24) is 0 Å². The number of hydrogen-bond donors (Lipinski definition) is 0. The predicted octanol–water partition coefficient (Wildman–Crippen LogP) is 4.21. The summed E-state index contributed by atoms with van der Waals surface area (Å²) in [7, 11) is 0. The van der Waals surface area contributed by atoms with Gasteiger partial charge in [-0.25, -0.2) is 0 Å². The summed E-state index contributed by atoms with van der Waals surface area (Å²) < 4.78 is 5.70. The molecule has 2 aromatic carbocycles. The first-order valence-corrected chi connectivity index (χ1v) is 6.02. The van der Waals surface area contributed by atoms with E-state index >= 15 is 0 Å². The molecule has 0 saturated heterocycles. The molecule has 0 aliphatic rings. The number of halogens is 1. The first-order valence-electron chi connectivity index (χ1n) is 5.64. The van der Waals surface area contributed by atoms with Crippen LogP contribution in [0, 0.1) is 19.3 Å². The van der Waals surface area contributed by atoms with Gasteiger partial charge in [-0.1, -0.05) is 41.8 Å². The number of benzene rings is 2. The van der Waals surface area contributed by atoms with Crippen molar-refractivity contribution >= 4 is 11.6 Å². The zero-order valence-corrected chi connectivity index (χ0v) is 10.9. The number of rotatable bonds is 3. The van der Waals surface area contributed by atoms with Crippen LogP contribution in [-0.4, -0.2) is 0 Å². The van der Waals surface area contributed by atoms with Gasteiger partial charge in [-0.3, -0.25) is 0 Å². The predicted molar refractivity (Wildman–Crippen MR) is 74.9 cm³/mol. The van der Waals surface area contributed by atoms with Crippen molar-refractivity contribution in [3.05, 3.63) is 64.2 Å². The van der Waals surface area contributed by atoms with Gasteiger partial charge < -0.3 is 4.74 Å². The molecule has 0 amide bonds. The van der Waals surface area contributed by atoms with Crippen LogP contribution in [0.15, 0.2) is 42.5 Å². The lowest BCUT2D eigenvalue weighted by atomic mass is 10.1. The van der Waals surface area contributed by atoms with E-state index in [4.69, 9.17) is 22.8 Å². The molecule has 0 aromatic heterocycles. The van der Waals surface area contributed by atoms with E-state index in [0.29, 0.717) is 17.2 Å². The van der Waals surface area contributed by atoms with Crippen molar-refractivity contribution in [1.29, 1.82) is 0 Å². The molecule has 1 nitrogen and oxygen atoms in total. The van der Waals surface area contributed by atoms with Crippen LogP contribution in [0.25, 0.3) is 0 Å². The Morgan fingerprint density at radius 1 is 1.22 bits per heavy atom. The van der Waals surface area contributed by atoms with Gasteiger partial charge in [0.05, 0.1) is 5.02 Å². The van der Waals surface area contributed by atoms with Gasteiger partial charge in [-0.2, -0.15) is 0 Å². The summed E-state index contributed by atoms with van der Waals surface area (Å²) in [6.45, 7) is 2.59. The van der Waals surface area contributed by atoms with Crippen molar-refractivity contribution < 1.29 is 4.74 Å². The second-order valence-electron chi connectivity index (χ2n) is 4.00. The van der Waals surface area contributed by atoms with E-state index in [1.165, 1.54) is 5.56 Å². The highest BCUT2D eigenvalue weighted by Gasteiger charge is 2.02. The van der Waals surface area contributed by atoms with E-state index in [2.05, 4.69) is 18.9 Å². The maximum atomic E-state index is 6.02. The van der Waals surface area contributed by atoms with Crippen LogP contribution < -0.4 is 4.74 Å². The summed E-state index contributed by atoms with van der Waals surface area (Å²) >= 11 is 6.02. The Morgan fingerprint density at radius 2 is 2.00 bits per heavy atom. The molecular weight excluding hydrogens is 244 g/mol. The summed E-state index contributed by atoms with van der Waals surface area (Å²) in [5.74, 6) is 3.24. The van der Waals surface area contributed by atoms with Gasteiger partial charge in [-0.15, -0.1) is 6.42 Å². The zero-order valence-electron chi connectivity index (χ0n) is 10.1. The minimum Gasteiger partial charge on any atom is -0.489 e. The maximum absolute atomic E-state index is 6.02. The van der Waals surface area contributed by atoms with Crippen LogP contribution in [0.4, 0.5) is 0 Å². The molecule has 2 rings (SSSR count). The molecule has 18 heavy (non-hydrogen) atoms. The normalized spacial score (nSPS) is 9.83. The van der Waals surface area contributed by atoms with Gasteiger partial charge in [0, 0.05) is 11.6 Å². The Balaban J connectivity index is 2.10. The minimum absolute atomic E-state index is 0.526. The highest BCUT2D eigenvalue weighted by molar-refractivity contribution is 6.31. The van der Waals surface area contributed by atoms with Gasteiger partial charge in [0.2, 0.25) is 0 Å². The van der Waals surface area contributed by atoms with E-state index < -0.39 is 0 Å². The molecule has 0 spiro atoms. The van der Waals surface area contributed by atoms with Crippen LogP contribution >= 0.6 is 11.6 Å². The van der Waals surface area contributed by atoms with Crippen molar-refractivity contribution in [2.75, 3.05) is 0 Å². The van der Waals surface area contributed by atoms with Crippen molar-refractivity contribution in [2.45, 2.75) is 13.5 Å². The molecule has 0 atom stereocenters. The summed E-state index contributed by atoms with van der Waals surface area (Å²) in [5, 5.41) is 0.541. The highest BCUT2D eigenvalue weighted by Crippen LogP contribution is 2.23. The van der Waals surface area contributed by atoms with E-state index in [1.807, 2.05) is 24.3 Å². The number of aryl methyl sites for hydroxylation is 1. The smallest absolute Gasteiger partial charge is 0.121 e. The molecule has 90 valence electrons. The lowest BCUT2D eigenvalue weighted by molar-refractivity contribution is 0.305. The summed E-state index contributed by atoms with van der Waals surface area (Å²) in [5.41, 5.74) is 3.05. The molecule has 0 heterocycles. The molecule has 2 aromatic rings. The fourth-order valence-electron chi connectivity index (χ4n) is 1.64. The average molecular weight is 257 g/mol. The molecule has 0 N–H and O–H groups in total. The van der Waals surface area contributed by atoms with Crippen molar-refractivity contribution in [3.8, 4) is 18.1 Å². The second-order valence-corrected chi connectivity index (χ2v) is 4.41. The van der Waals surface area contributed by atoms with Gasteiger partial charge in [-0.05, 0) is 30.2 Å². The van der Waals surface area contributed by atoms with Crippen LogP contribution in [-0.2, 0) is 6.61 Å². The average Bonchev–Trinajstić information content (AvgIpc) is 2.38. The SMILES string of the molecule is C#Cc1ccc(OCc2ccccc2C)cc1Cl. The van der Waals surface area contributed by atoms with Crippen LogP contribution in [0.2, 0.25) is 5.02 Å². The summed E-state index contributed by atoms with van der Waals surface area (Å²) in [4.78, 5) is 0.